The number of aromatic nitrogens is 4. The molecule has 2 N–H and O–H groups in total. The van der Waals surface area contributed by atoms with E-state index in [0.29, 0.717) is 28.5 Å². The van der Waals surface area contributed by atoms with E-state index in [4.69, 9.17) is 10.2 Å². The van der Waals surface area contributed by atoms with Crippen molar-refractivity contribution in [2.45, 2.75) is 0 Å². The van der Waals surface area contributed by atoms with Crippen molar-refractivity contribution >= 4 is 17.0 Å². The molecule has 21 heavy (non-hydrogen) atoms. The first-order chi connectivity index (χ1) is 10.3. The zero-order valence-corrected chi connectivity index (χ0v) is 11.0. The van der Waals surface area contributed by atoms with Crippen molar-refractivity contribution in [2.24, 2.45) is 0 Å². The molecular weight excluding hydrogens is 266 g/mol. The van der Waals surface area contributed by atoms with Crippen molar-refractivity contribution in [3.63, 3.8) is 0 Å². The number of hydrogen-bond acceptors (Lipinski definition) is 5. The summed E-state index contributed by atoms with van der Waals surface area (Å²) in [5.41, 5.74) is 8.88. The number of anilines is 1. The summed E-state index contributed by atoms with van der Waals surface area (Å²) < 4.78 is 7.33. The summed E-state index contributed by atoms with van der Waals surface area (Å²) in [4.78, 5) is 8.49. The molecule has 0 aliphatic heterocycles. The first-order valence-corrected chi connectivity index (χ1v) is 6.44. The van der Waals surface area contributed by atoms with Gasteiger partial charge in [0.1, 0.15) is 5.82 Å². The van der Waals surface area contributed by atoms with Gasteiger partial charge in [0.25, 0.3) is 0 Å². The predicted octanol–water partition coefficient (Wildman–Crippen LogP) is 2.66. The molecule has 0 bridgehead atoms. The molecule has 0 spiro atoms. The van der Waals surface area contributed by atoms with Crippen LogP contribution in [0.2, 0.25) is 0 Å². The number of rotatable bonds is 2. The van der Waals surface area contributed by atoms with E-state index in [0.717, 1.165) is 5.69 Å². The Morgan fingerprint density at radius 3 is 2.71 bits per heavy atom. The summed E-state index contributed by atoms with van der Waals surface area (Å²) in [5.74, 6) is 0.899. The van der Waals surface area contributed by atoms with Gasteiger partial charge in [-0.3, -0.25) is 0 Å². The van der Waals surface area contributed by atoms with Crippen LogP contribution in [0.3, 0.4) is 0 Å². The van der Waals surface area contributed by atoms with Crippen LogP contribution in [-0.2, 0) is 0 Å². The lowest BCUT2D eigenvalue weighted by molar-refractivity contribution is 0.620. The van der Waals surface area contributed by atoms with Gasteiger partial charge in [0, 0.05) is 6.20 Å². The molecule has 6 heteroatoms. The second-order valence-electron chi connectivity index (χ2n) is 4.54. The largest absolute Gasteiger partial charge is 0.434 e. The summed E-state index contributed by atoms with van der Waals surface area (Å²) in [6.07, 6.45) is 3.32. The Bertz CT molecular complexity index is 877. The van der Waals surface area contributed by atoms with E-state index < -0.39 is 0 Å². The Kier molecular flexibility index (Phi) is 2.47. The van der Waals surface area contributed by atoms with E-state index in [9.17, 15) is 0 Å². The normalized spacial score (nSPS) is 11.0. The smallest absolute Gasteiger partial charge is 0.234 e. The number of nitrogens with zero attached hydrogens (tertiary/aromatic N) is 4. The number of para-hydroxylation sites is 1. The SMILES string of the molecule is Nc1c(-c2nc3ncccc3o2)cnn1-c1ccccc1. The van der Waals surface area contributed by atoms with Gasteiger partial charge in [-0.15, -0.1) is 0 Å². The lowest BCUT2D eigenvalue weighted by atomic mass is 10.3. The van der Waals surface area contributed by atoms with Crippen molar-refractivity contribution in [3.05, 3.63) is 54.9 Å². The molecule has 3 aromatic heterocycles. The highest BCUT2D eigenvalue weighted by molar-refractivity contribution is 5.76. The molecule has 0 aliphatic rings. The minimum atomic E-state index is 0.420. The molecule has 4 rings (SSSR count). The third-order valence-electron chi connectivity index (χ3n) is 3.20. The third-order valence-corrected chi connectivity index (χ3v) is 3.20. The fourth-order valence-corrected chi connectivity index (χ4v) is 2.18. The molecule has 0 fully saturated rings. The van der Waals surface area contributed by atoms with Crippen LogP contribution in [0.4, 0.5) is 5.82 Å². The van der Waals surface area contributed by atoms with Crippen molar-refractivity contribution < 1.29 is 4.42 Å². The fourth-order valence-electron chi connectivity index (χ4n) is 2.18. The summed E-state index contributed by atoms with van der Waals surface area (Å²) in [7, 11) is 0. The Morgan fingerprint density at radius 2 is 1.90 bits per heavy atom. The number of nitrogen functional groups attached to an aromatic ring is 1. The number of benzene rings is 1. The molecule has 0 radical (unpaired) electrons. The van der Waals surface area contributed by atoms with Crippen LogP contribution in [0.5, 0.6) is 0 Å². The van der Waals surface area contributed by atoms with E-state index in [1.807, 2.05) is 36.4 Å². The molecule has 4 aromatic rings. The fraction of sp³-hybridized carbons (Fsp3) is 0. The molecular formula is C15H11N5O. The second-order valence-corrected chi connectivity index (χ2v) is 4.54. The molecule has 0 aliphatic carbocycles. The Balaban J connectivity index is 1.85. The van der Waals surface area contributed by atoms with Crippen LogP contribution in [0.25, 0.3) is 28.4 Å². The van der Waals surface area contributed by atoms with E-state index in [1.165, 1.54) is 0 Å². The molecule has 0 atom stereocenters. The van der Waals surface area contributed by atoms with Crippen LogP contribution in [0, 0.1) is 0 Å². The molecule has 102 valence electrons. The van der Waals surface area contributed by atoms with Gasteiger partial charge in [0.15, 0.2) is 11.2 Å². The van der Waals surface area contributed by atoms with Gasteiger partial charge in [0.05, 0.1) is 17.4 Å². The first kappa shape index (κ1) is 11.7. The highest BCUT2D eigenvalue weighted by atomic mass is 16.3. The number of fused-ring (bicyclic) bond motifs is 1. The minimum Gasteiger partial charge on any atom is -0.434 e. The quantitative estimate of drug-likeness (QED) is 0.609. The summed E-state index contributed by atoms with van der Waals surface area (Å²) >= 11 is 0. The van der Waals surface area contributed by atoms with Crippen LogP contribution in [-0.4, -0.2) is 19.7 Å². The van der Waals surface area contributed by atoms with Gasteiger partial charge in [0.2, 0.25) is 5.89 Å². The Hall–Kier alpha value is -3.15. The summed E-state index contributed by atoms with van der Waals surface area (Å²) in [5, 5.41) is 4.30. The third kappa shape index (κ3) is 1.85. The van der Waals surface area contributed by atoms with Gasteiger partial charge in [-0.2, -0.15) is 10.1 Å². The Morgan fingerprint density at radius 1 is 1.05 bits per heavy atom. The van der Waals surface area contributed by atoms with Crippen molar-refractivity contribution in [1.82, 2.24) is 19.7 Å². The number of oxazole rings is 1. The molecule has 0 saturated carbocycles. The van der Waals surface area contributed by atoms with E-state index in [2.05, 4.69) is 15.1 Å². The highest BCUT2D eigenvalue weighted by Gasteiger charge is 2.16. The molecule has 3 heterocycles. The molecule has 0 amide bonds. The van der Waals surface area contributed by atoms with Crippen molar-refractivity contribution in [1.29, 1.82) is 0 Å². The zero-order chi connectivity index (χ0) is 14.2. The highest BCUT2D eigenvalue weighted by Crippen LogP contribution is 2.29. The molecule has 6 nitrogen and oxygen atoms in total. The lowest BCUT2D eigenvalue weighted by Gasteiger charge is -2.03. The van der Waals surface area contributed by atoms with Gasteiger partial charge in [-0.25, -0.2) is 9.67 Å². The van der Waals surface area contributed by atoms with E-state index in [1.54, 1.807) is 23.1 Å². The molecule has 1 aromatic carbocycles. The average molecular weight is 277 g/mol. The monoisotopic (exact) mass is 277 g/mol. The predicted molar refractivity (Wildman–Crippen MR) is 78.8 cm³/mol. The summed E-state index contributed by atoms with van der Waals surface area (Å²) in [6, 6.07) is 13.3. The molecule has 0 unspecified atom stereocenters. The topological polar surface area (TPSA) is 82.8 Å². The number of nitrogens with two attached hydrogens (primary N) is 1. The summed E-state index contributed by atoms with van der Waals surface area (Å²) in [6.45, 7) is 0. The van der Waals surface area contributed by atoms with Crippen LogP contribution in [0.15, 0.2) is 59.3 Å². The zero-order valence-electron chi connectivity index (χ0n) is 11.0. The second kappa shape index (κ2) is 4.45. The van der Waals surface area contributed by atoms with Gasteiger partial charge in [-0.05, 0) is 24.3 Å². The van der Waals surface area contributed by atoms with Crippen LogP contribution >= 0.6 is 0 Å². The van der Waals surface area contributed by atoms with Crippen LogP contribution in [0.1, 0.15) is 0 Å². The van der Waals surface area contributed by atoms with Crippen molar-refractivity contribution in [3.8, 4) is 17.1 Å². The Labute approximate surface area is 119 Å². The minimum absolute atomic E-state index is 0.420. The van der Waals surface area contributed by atoms with Gasteiger partial charge >= 0.3 is 0 Å². The standard InChI is InChI=1S/C15H11N5O/c16-13-11(9-18-20(13)10-5-2-1-3-6-10)15-19-14-12(21-15)7-4-8-17-14/h1-9H,16H2. The maximum absolute atomic E-state index is 6.17. The molecule has 0 saturated heterocycles. The van der Waals surface area contributed by atoms with Gasteiger partial charge in [-0.1, -0.05) is 18.2 Å². The van der Waals surface area contributed by atoms with Crippen LogP contribution < -0.4 is 5.73 Å². The van der Waals surface area contributed by atoms with E-state index >= 15 is 0 Å². The maximum atomic E-state index is 6.17. The van der Waals surface area contributed by atoms with Gasteiger partial charge < -0.3 is 10.2 Å². The first-order valence-electron chi connectivity index (χ1n) is 6.44. The number of pyridine rings is 1. The maximum Gasteiger partial charge on any atom is 0.234 e. The van der Waals surface area contributed by atoms with E-state index in [-0.39, 0.29) is 0 Å². The van der Waals surface area contributed by atoms with Crippen molar-refractivity contribution in [2.75, 3.05) is 5.73 Å². The number of hydrogen-bond donors (Lipinski definition) is 1. The lowest BCUT2D eigenvalue weighted by Crippen LogP contribution is -2.01. The average Bonchev–Trinajstić information content (AvgIpc) is 3.11.